The Hall–Kier alpha value is -1.83. The van der Waals surface area contributed by atoms with Crippen LogP contribution >= 0.6 is 0 Å². The van der Waals surface area contributed by atoms with Crippen LogP contribution in [-0.4, -0.2) is 27.5 Å². The van der Waals surface area contributed by atoms with Crippen molar-refractivity contribution in [3.63, 3.8) is 0 Å². The zero-order chi connectivity index (χ0) is 15.1. The fraction of sp³-hybridized carbons (Fsp3) is 0.167. The standard InChI is InChI=1S/C18H18O2Se/c1-3-20-18(19)17(21-16-12-8-5-9-13-16)14(2)15-10-6-4-7-11-15/h4-13H,3H2,1-2H3/b17-14+. The van der Waals surface area contributed by atoms with E-state index >= 15 is 0 Å². The molecule has 0 heterocycles. The Labute approximate surface area is 132 Å². The van der Waals surface area contributed by atoms with Crippen molar-refractivity contribution in [2.24, 2.45) is 0 Å². The molecule has 3 heteroatoms. The summed E-state index contributed by atoms with van der Waals surface area (Å²) in [5.74, 6) is -0.206. The van der Waals surface area contributed by atoms with Crippen molar-refractivity contribution in [3.05, 3.63) is 70.7 Å². The van der Waals surface area contributed by atoms with Gasteiger partial charge in [0.05, 0.1) is 0 Å². The van der Waals surface area contributed by atoms with E-state index in [0.29, 0.717) is 6.61 Å². The topological polar surface area (TPSA) is 26.3 Å². The number of rotatable bonds is 5. The molecule has 2 nitrogen and oxygen atoms in total. The maximum absolute atomic E-state index is 12.3. The van der Waals surface area contributed by atoms with Crippen LogP contribution in [0.1, 0.15) is 19.4 Å². The number of ether oxygens (including phenoxy) is 1. The third kappa shape index (κ3) is 4.32. The average Bonchev–Trinajstić information content (AvgIpc) is 2.54. The van der Waals surface area contributed by atoms with Gasteiger partial charge in [-0.05, 0) is 0 Å². The van der Waals surface area contributed by atoms with Gasteiger partial charge >= 0.3 is 132 Å². The minimum absolute atomic E-state index is 0.0621. The van der Waals surface area contributed by atoms with Crippen LogP contribution in [0.15, 0.2) is 65.1 Å². The predicted octanol–water partition coefficient (Wildman–Crippen LogP) is 3.01. The van der Waals surface area contributed by atoms with Crippen molar-refractivity contribution < 1.29 is 9.53 Å². The second-order valence-corrected chi connectivity index (χ2v) is 6.73. The molecule has 2 aromatic rings. The van der Waals surface area contributed by atoms with Crippen molar-refractivity contribution in [1.29, 1.82) is 0 Å². The molecule has 0 bridgehead atoms. The van der Waals surface area contributed by atoms with Gasteiger partial charge < -0.3 is 0 Å². The van der Waals surface area contributed by atoms with Crippen LogP contribution in [0, 0.1) is 0 Å². The van der Waals surface area contributed by atoms with E-state index in [2.05, 4.69) is 12.1 Å². The zero-order valence-corrected chi connectivity index (χ0v) is 13.9. The van der Waals surface area contributed by atoms with Crippen LogP contribution in [0.2, 0.25) is 0 Å². The summed E-state index contributed by atoms with van der Waals surface area (Å²) < 4.78 is 7.19. The summed E-state index contributed by atoms with van der Waals surface area (Å²) in [7, 11) is 0. The molecular formula is C18H18O2Se. The second-order valence-electron chi connectivity index (χ2n) is 4.46. The SMILES string of the molecule is CCOC(=O)/C([Se]c1ccccc1)=C(/C)c1ccccc1. The molecule has 2 rings (SSSR count). The molecule has 0 unspecified atom stereocenters. The summed E-state index contributed by atoms with van der Waals surface area (Å²) in [4.78, 5) is 12.3. The summed E-state index contributed by atoms with van der Waals surface area (Å²) in [6.07, 6.45) is 0. The summed E-state index contributed by atoms with van der Waals surface area (Å²) >= 11 is -0.0621. The molecule has 0 aliphatic carbocycles. The van der Waals surface area contributed by atoms with Gasteiger partial charge in [0, 0.05) is 0 Å². The molecule has 0 radical (unpaired) electrons. The normalized spacial score (nSPS) is 11.7. The molecule has 0 amide bonds. The van der Waals surface area contributed by atoms with Crippen LogP contribution in [0.4, 0.5) is 0 Å². The van der Waals surface area contributed by atoms with E-state index in [0.717, 1.165) is 15.6 Å². The van der Waals surface area contributed by atoms with Gasteiger partial charge in [-0.3, -0.25) is 0 Å². The van der Waals surface area contributed by atoms with Crippen LogP contribution in [0.25, 0.3) is 5.57 Å². The van der Waals surface area contributed by atoms with E-state index in [9.17, 15) is 4.79 Å². The van der Waals surface area contributed by atoms with Crippen molar-refractivity contribution in [2.75, 3.05) is 6.61 Å². The van der Waals surface area contributed by atoms with Gasteiger partial charge in [0.1, 0.15) is 0 Å². The van der Waals surface area contributed by atoms with Crippen molar-refractivity contribution in [3.8, 4) is 0 Å². The Morgan fingerprint density at radius 3 is 2.14 bits per heavy atom. The van der Waals surface area contributed by atoms with Crippen molar-refractivity contribution in [1.82, 2.24) is 0 Å². The van der Waals surface area contributed by atoms with E-state index < -0.39 is 0 Å². The Balaban J connectivity index is 2.38. The first-order valence-corrected chi connectivity index (χ1v) is 8.60. The maximum atomic E-state index is 12.3. The summed E-state index contributed by atoms with van der Waals surface area (Å²) in [6.45, 7) is 4.23. The van der Waals surface area contributed by atoms with Gasteiger partial charge in [0.2, 0.25) is 0 Å². The first kappa shape index (κ1) is 15.6. The van der Waals surface area contributed by atoms with Gasteiger partial charge in [-0.15, -0.1) is 0 Å². The third-order valence-electron chi connectivity index (χ3n) is 2.97. The number of carbonyl (C=O) groups is 1. The van der Waals surface area contributed by atoms with Gasteiger partial charge in [-0.2, -0.15) is 0 Å². The zero-order valence-electron chi connectivity index (χ0n) is 12.2. The first-order chi connectivity index (χ1) is 10.2. The van der Waals surface area contributed by atoms with Gasteiger partial charge in [0.15, 0.2) is 0 Å². The second kappa shape index (κ2) is 7.82. The van der Waals surface area contributed by atoms with E-state index in [1.807, 2.05) is 62.4 Å². The van der Waals surface area contributed by atoms with Crippen LogP contribution < -0.4 is 4.46 Å². The van der Waals surface area contributed by atoms with E-state index in [4.69, 9.17) is 4.74 Å². The predicted molar refractivity (Wildman–Crippen MR) is 87.5 cm³/mol. The molecular weight excluding hydrogens is 327 g/mol. The Kier molecular flexibility index (Phi) is 5.79. The van der Waals surface area contributed by atoms with Crippen molar-refractivity contribution >= 4 is 31.0 Å². The molecule has 0 aromatic heterocycles. The van der Waals surface area contributed by atoms with Crippen molar-refractivity contribution in [2.45, 2.75) is 13.8 Å². The summed E-state index contributed by atoms with van der Waals surface area (Å²) in [6, 6.07) is 20.1. The minimum atomic E-state index is -0.206. The molecule has 0 saturated carbocycles. The monoisotopic (exact) mass is 346 g/mol. The first-order valence-electron chi connectivity index (χ1n) is 6.88. The number of carbonyl (C=O) groups excluding carboxylic acids is 1. The molecule has 0 atom stereocenters. The molecule has 0 fully saturated rings. The third-order valence-corrected chi connectivity index (χ3v) is 5.46. The molecule has 0 aliphatic heterocycles. The Morgan fingerprint density at radius 2 is 1.57 bits per heavy atom. The quantitative estimate of drug-likeness (QED) is 0.473. The van der Waals surface area contributed by atoms with Crippen LogP contribution in [0.3, 0.4) is 0 Å². The number of hydrogen-bond donors (Lipinski definition) is 0. The van der Waals surface area contributed by atoms with E-state index in [1.165, 1.54) is 4.46 Å². The summed E-state index contributed by atoms with van der Waals surface area (Å²) in [5, 5.41) is 0. The van der Waals surface area contributed by atoms with Crippen LogP contribution in [0.5, 0.6) is 0 Å². The fourth-order valence-electron chi connectivity index (χ4n) is 1.89. The molecule has 0 saturated heterocycles. The molecule has 0 spiro atoms. The molecule has 2 aromatic carbocycles. The average molecular weight is 345 g/mol. The fourth-order valence-corrected chi connectivity index (χ4v) is 3.87. The number of benzene rings is 2. The van der Waals surface area contributed by atoms with E-state index in [1.54, 1.807) is 0 Å². The number of esters is 1. The molecule has 108 valence electrons. The molecule has 0 aliphatic rings. The van der Waals surface area contributed by atoms with Gasteiger partial charge in [0.25, 0.3) is 0 Å². The van der Waals surface area contributed by atoms with Gasteiger partial charge in [-0.25, -0.2) is 0 Å². The van der Waals surface area contributed by atoms with Crippen LogP contribution in [-0.2, 0) is 9.53 Å². The van der Waals surface area contributed by atoms with Gasteiger partial charge in [-0.1, -0.05) is 0 Å². The van der Waals surface area contributed by atoms with E-state index in [-0.39, 0.29) is 20.9 Å². The number of allylic oxidation sites excluding steroid dienone is 1. The summed E-state index contributed by atoms with van der Waals surface area (Å²) in [5.41, 5.74) is 2.07. The Morgan fingerprint density at radius 1 is 1.00 bits per heavy atom. The molecule has 21 heavy (non-hydrogen) atoms. The Bertz CT molecular complexity index is 618. The molecule has 0 N–H and O–H groups in total. The number of hydrogen-bond acceptors (Lipinski definition) is 2.